The number of benzene rings is 3. The van der Waals surface area contributed by atoms with Gasteiger partial charge in [-0.15, -0.1) is 0 Å². The van der Waals surface area contributed by atoms with Gasteiger partial charge in [-0.3, -0.25) is 4.79 Å². The molecule has 0 fully saturated rings. The van der Waals surface area contributed by atoms with E-state index in [2.05, 4.69) is 29.6 Å². The number of methoxy groups -OCH3 is 1. The van der Waals surface area contributed by atoms with Crippen LogP contribution in [0.1, 0.15) is 37.3 Å². The topological polar surface area (TPSA) is 47.6 Å². The molecule has 0 radical (unpaired) electrons. The highest BCUT2D eigenvalue weighted by atomic mass is 16.5. The number of hydrogen-bond donors (Lipinski definition) is 1. The molecule has 138 valence electrons. The zero-order valence-electron chi connectivity index (χ0n) is 15.8. The van der Waals surface area contributed by atoms with Gasteiger partial charge in [0.05, 0.1) is 18.9 Å². The molecule has 0 saturated heterocycles. The highest BCUT2D eigenvalue weighted by Crippen LogP contribution is 2.42. The summed E-state index contributed by atoms with van der Waals surface area (Å²) in [5.41, 5.74) is 3.10. The van der Waals surface area contributed by atoms with Gasteiger partial charge in [0.1, 0.15) is 0 Å². The van der Waals surface area contributed by atoms with Crippen LogP contribution in [0.3, 0.4) is 0 Å². The summed E-state index contributed by atoms with van der Waals surface area (Å²) in [5.74, 6) is 1.43. The molecule has 0 aromatic heterocycles. The summed E-state index contributed by atoms with van der Waals surface area (Å²) < 4.78 is 11.4. The number of rotatable bonds is 4. The summed E-state index contributed by atoms with van der Waals surface area (Å²) in [7, 11) is 1.64. The molecule has 1 heterocycles. The number of carbonyl (C=O) groups is 1. The van der Waals surface area contributed by atoms with Gasteiger partial charge < -0.3 is 14.8 Å². The van der Waals surface area contributed by atoms with Crippen molar-refractivity contribution in [3.05, 3.63) is 65.7 Å². The Labute approximate surface area is 159 Å². The maximum absolute atomic E-state index is 12.5. The summed E-state index contributed by atoms with van der Waals surface area (Å²) >= 11 is 0. The average molecular weight is 361 g/mol. The Balaban J connectivity index is 1.81. The van der Waals surface area contributed by atoms with E-state index in [4.69, 9.17) is 9.47 Å². The minimum Gasteiger partial charge on any atom is -0.493 e. The van der Waals surface area contributed by atoms with Gasteiger partial charge in [-0.2, -0.15) is 0 Å². The molecule has 27 heavy (non-hydrogen) atoms. The van der Waals surface area contributed by atoms with Crippen LogP contribution in [0.2, 0.25) is 0 Å². The lowest BCUT2D eigenvalue weighted by molar-refractivity contribution is -0.116. The van der Waals surface area contributed by atoms with Crippen LogP contribution in [0.4, 0.5) is 5.69 Å². The predicted octanol–water partition coefficient (Wildman–Crippen LogP) is 5.11. The maximum atomic E-state index is 12.5. The minimum absolute atomic E-state index is 0.0136. The third-order valence-corrected chi connectivity index (χ3v) is 4.94. The van der Waals surface area contributed by atoms with E-state index in [1.165, 1.54) is 0 Å². The second-order valence-corrected chi connectivity index (χ2v) is 7.13. The van der Waals surface area contributed by atoms with Gasteiger partial charge in [0, 0.05) is 17.7 Å². The van der Waals surface area contributed by atoms with Gasteiger partial charge in [-0.05, 0) is 42.5 Å². The lowest BCUT2D eigenvalue weighted by atomic mass is 9.83. The molecule has 0 saturated carbocycles. The maximum Gasteiger partial charge on any atom is 0.225 e. The van der Waals surface area contributed by atoms with Crippen molar-refractivity contribution in [2.45, 2.75) is 32.3 Å². The molecule has 4 rings (SSSR count). The minimum atomic E-state index is -0.0136. The van der Waals surface area contributed by atoms with Crippen molar-refractivity contribution in [2.24, 2.45) is 0 Å². The lowest BCUT2D eigenvalue weighted by Crippen LogP contribution is -2.23. The molecule has 1 atom stereocenters. The van der Waals surface area contributed by atoms with E-state index in [1.54, 1.807) is 7.11 Å². The molecule has 1 aliphatic heterocycles. The van der Waals surface area contributed by atoms with Gasteiger partial charge in [0.25, 0.3) is 0 Å². The van der Waals surface area contributed by atoms with Crippen LogP contribution in [-0.4, -0.2) is 19.1 Å². The van der Waals surface area contributed by atoms with Crippen molar-refractivity contribution in [1.29, 1.82) is 0 Å². The number of amides is 1. The molecule has 4 heteroatoms. The lowest BCUT2D eigenvalue weighted by Gasteiger charge is -2.28. The Morgan fingerprint density at radius 3 is 2.63 bits per heavy atom. The van der Waals surface area contributed by atoms with E-state index >= 15 is 0 Å². The smallest absolute Gasteiger partial charge is 0.225 e. The highest BCUT2D eigenvalue weighted by Gasteiger charge is 2.28. The van der Waals surface area contributed by atoms with E-state index in [0.717, 1.165) is 33.3 Å². The van der Waals surface area contributed by atoms with Gasteiger partial charge in [-0.1, -0.05) is 42.5 Å². The molecule has 0 spiro atoms. The molecule has 1 N–H and O–H groups in total. The molecule has 3 aromatic carbocycles. The summed E-state index contributed by atoms with van der Waals surface area (Å²) in [6.45, 7) is 3.97. The third kappa shape index (κ3) is 3.23. The van der Waals surface area contributed by atoms with E-state index in [-0.39, 0.29) is 17.9 Å². The van der Waals surface area contributed by atoms with Crippen LogP contribution in [0.25, 0.3) is 10.8 Å². The average Bonchev–Trinajstić information content (AvgIpc) is 2.67. The van der Waals surface area contributed by atoms with Crippen LogP contribution in [0, 0.1) is 0 Å². The Morgan fingerprint density at radius 2 is 1.85 bits per heavy atom. The third-order valence-electron chi connectivity index (χ3n) is 4.94. The number of ether oxygens (including phenoxy) is 2. The molecule has 0 bridgehead atoms. The Bertz CT molecular complexity index is 1010. The first kappa shape index (κ1) is 17.4. The van der Waals surface area contributed by atoms with Crippen molar-refractivity contribution < 1.29 is 14.3 Å². The fourth-order valence-corrected chi connectivity index (χ4v) is 3.75. The quantitative estimate of drug-likeness (QED) is 0.702. The number of fused-ring (bicyclic) bond motifs is 3. The summed E-state index contributed by atoms with van der Waals surface area (Å²) in [6.07, 6.45) is 0.482. The van der Waals surface area contributed by atoms with Crippen molar-refractivity contribution >= 4 is 22.4 Å². The van der Waals surface area contributed by atoms with Crippen LogP contribution in [0.5, 0.6) is 11.5 Å². The van der Waals surface area contributed by atoms with Gasteiger partial charge in [-0.25, -0.2) is 0 Å². The van der Waals surface area contributed by atoms with Crippen molar-refractivity contribution in [2.75, 3.05) is 12.4 Å². The van der Waals surface area contributed by atoms with E-state index in [0.29, 0.717) is 12.2 Å². The fourth-order valence-electron chi connectivity index (χ4n) is 3.75. The first-order valence-corrected chi connectivity index (χ1v) is 9.23. The first-order chi connectivity index (χ1) is 13.1. The van der Waals surface area contributed by atoms with Crippen molar-refractivity contribution in [3.8, 4) is 11.5 Å². The van der Waals surface area contributed by atoms with E-state index in [9.17, 15) is 4.79 Å². The normalized spacial score (nSPS) is 16.1. The zero-order valence-corrected chi connectivity index (χ0v) is 15.8. The van der Waals surface area contributed by atoms with Gasteiger partial charge in [0.2, 0.25) is 5.91 Å². The summed E-state index contributed by atoms with van der Waals surface area (Å²) in [4.78, 5) is 12.5. The highest BCUT2D eigenvalue weighted by molar-refractivity contribution is 6.06. The largest absolute Gasteiger partial charge is 0.493 e. The second-order valence-electron chi connectivity index (χ2n) is 7.13. The number of anilines is 1. The predicted molar refractivity (Wildman–Crippen MR) is 108 cm³/mol. The van der Waals surface area contributed by atoms with E-state index < -0.39 is 0 Å². The van der Waals surface area contributed by atoms with Crippen molar-refractivity contribution in [3.63, 3.8) is 0 Å². The summed E-state index contributed by atoms with van der Waals surface area (Å²) in [6, 6.07) is 18.3. The first-order valence-electron chi connectivity index (χ1n) is 9.23. The Kier molecular flexibility index (Phi) is 4.48. The molecule has 1 amide bonds. The number of carbonyl (C=O) groups excluding carboxylic acids is 1. The molecular formula is C23H23NO3. The SMILES string of the molecule is COc1cc(C2CC(=O)Nc3c2ccc2ccccc32)ccc1OC(C)C. The molecular weight excluding hydrogens is 338 g/mol. The number of nitrogens with one attached hydrogen (secondary N) is 1. The molecule has 0 aliphatic carbocycles. The zero-order chi connectivity index (χ0) is 19.0. The van der Waals surface area contributed by atoms with Crippen molar-refractivity contribution in [1.82, 2.24) is 0 Å². The van der Waals surface area contributed by atoms with Crippen LogP contribution < -0.4 is 14.8 Å². The van der Waals surface area contributed by atoms with Gasteiger partial charge >= 0.3 is 0 Å². The van der Waals surface area contributed by atoms with Crippen LogP contribution in [0.15, 0.2) is 54.6 Å². The number of hydrogen-bond acceptors (Lipinski definition) is 3. The Morgan fingerprint density at radius 1 is 1.04 bits per heavy atom. The van der Waals surface area contributed by atoms with Gasteiger partial charge in [0.15, 0.2) is 11.5 Å². The molecule has 3 aromatic rings. The van der Waals surface area contributed by atoms with Crippen LogP contribution >= 0.6 is 0 Å². The molecule has 1 aliphatic rings. The summed E-state index contributed by atoms with van der Waals surface area (Å²) in [5, 5.41) is 5.26. The van der Waals surface area contributed by atoms with E-state index in [1.807, 2.05) is 44.2 Å². The molecule has 4 nitrogen and oxygen atoms in total. The fraction of sp³-hybridized carbons (Fsp3) is 0.261. The monoisotopic (exact) mass is 361 g/mol. The molecule has 1 unspecified atom stereocenters. The Hall–Kier alpha value is -3.01. The second kappa shape index (κ2) is 6.95. The standard InChI is InChI=1S/C23H23NO3/c1-14(2)27-20-11-9-16(12-21(20)26-3)19-13-22(25)24-23-17-7-5-4-6-15(17)8-10-18(19)23/h4-12,14,19H,13H2,1-3H3,(H,24,25). The van der Waals surface area contributed by atoms with Crippen LogP contribution in [-0.2, 0) is 4.79 Å².